The SMILES string of the molecule is O=c1[nH]c(=O)c2c(CC3CCCCC3)cc(=O)oc2[nH]1. The molecule has 2 N–H and O–H groups in total. The zero-order chi connectivity index (χ0) is 14.1. The molecular formula is C14H16N2O4. The molecule has 0 unspecified atom stereocenters. The molecular weight excluding hydrogens is 260 g/mol. The van der Waals surface area contributed by atoms with Crippen LogP contribution < -0.4 is 16.9 Å². The Morgan fingerprint density at radius 3 is 2.60 bits per heavy atom. The molecule has 0 amide bonds. The molecule has 2 heterocycles. The molecule has 0 spiro atoms. The molecule has 6 nitrogen and oxygen atoms in total. The van der Waals surface area contributed by atoms with E-state index in [9.17, 15) is 14.4 Å². The van der Waals surface area contributed by atoms with Gasteiger partial charge in [-0.1, -0.05) is 32.1 Å². The molecule has 6 heteroatoms. The first-order valence-electron chi connectivity index (χ1n) is 6.93. The summed E-state index contributed by atoms with van der Waals surface area (Å²) in [7, 11) is 0. The molecule has 0 aromatic carbocycles. The number of hydrogen-bond acceptors (Lipinski definition) is 4. The third kappa shape index (κ3) is 2.45. The van der Waals surface area contributed by atoms with Gasteiger partial charge in [0, 0.05) is 6.07 Å². The average molecular weight is 276 g/mol. The summed E-state index contributed by atoms with van der Waals surface area (Å²) in [6.07, 6.45) is 6.54. The highest BCUT2D eigenvalue weighted by atomic mass is 16.4. The van der Waals surface area contributed by atoms with E-state index in [-0.39, 0.29) is 11.1 Å². The molecule has 0 radical (unpaired) electrons. The van der Waals surface area contributed by atoms with Crippen molar-refractivity contribution in [2.24, 2.45) is 5.92 Å². The number of fused-ring (bicyclic) bond motifs is 1. The van der Waals surface area contributed by atoms with Gasteiger partial charge in [-0.3, -0.25) is 14.8 Å². The van der Waals surface area contributed by atoms with Crippen LogP contribution in [0.1, 0.15) is 37.7 Å². The second kappa shape index (κ2) is 5.11. The molecule has 20 heavy (non-hydrogen) atoms. The van der Waals surface area contributed by atoms with E-state index >= 15 is 0 Å². The highest BCUT2D eigenvalue weighted by Gasteiger charge is 2.18. The van der Waals surface area contributed by atoms with Crippen molar-refractivity contribution < 1.29 is 4.42 Å². The molecule has 0 aliphatic heterocycles. The second-order valence-electron chi connectivity index (χ2n) is 5.41. The molecule has 1 saturated carbocycles. The Morgan fingerprint density at radius 1 is 1.10 bits per heavy atom. The zero-order valence-corrected chi connectivity index (χ0v) is 11.0. The van der Waals surface area contributed by atoms with Gasteiger partial charge in [0.05, 0.1) is 0 Å². The van der Waals surface area contributed by atoms with E-state index < -0.39 is 16.9 Å². The van der Waals surface area contributed by atoms with Gasteiger partial charge >= 0.3 is 11.3 Å². The maximum atomic E-state index is 11.9. The van der Waals surface area contributed by atoms with Crippen LogP contribution in [0.3, 0.4) is 0 Å². The minimum absolute atomic E-state index is 0.0305. The highest BCUT2D eigenvalue weighted by Crippen LogP contribution is 2.27. The third-order valence-corrected chi connectivity index (χ3v) is 3.96. The summed E-state index contributed by atoms with van der Waals surface area (Å²) in [5.74, 6) is 0.486. The summed E-state index contributed by atoms with van der Waals surface area (Å²) in [5, 5.41) is 0.287. The van der Waals surface area contributed by atoms with Gasteiger partial charge in [-0.2, -0.15) is 0 Å². The minimum Gasteiger partial charge on any atom is -0.405 e. The fourth-order valence-corrected chi connectivity index (χ4v) is 3.04. The maximum Gasteiger partial charge on any atom is 0.337 e. The van der Waals surface area contributed by atoms with Crippen molar-refractivity contribution in [1.29, 1.82) is 0 Å². The molecule has 1 aliphatic rings. The Kier molecular flexibility index (Phi) is 3.30. The van der Waals surface area contributed by atoms with Crippen LogP contribution in [0.25, 0.3) is 11.1 Å². The van der Waals surface area contributed by atoms with Crippen LogP contribution in [-0.2, 0) is 6.42 Å². The normalized spacial score (nSPS) is 16.6. The quantitative estimate of drug-likeness (QED) is 0.863. The van der Waals surface area contributed by atoms with Crippen LogP contribution in [0, 0.1) is 5.92 Å². The Balaban J connectivity index is 2.11. The summed E-state index contributed by atoms with van der Waals surface area (Å²) in [4.78, 5) is 39.3. The second-order valence-corrected chi connectivity index (χ2v) is 5.41. The summed E-state index contributed by atoms with van der Waals surface area (Å²) in [6.45, 7) is 0. The van der Waals surface area contributed by atoms with Gasteiger partial charge in [-0.25, -0.2) is 9.59 Å². The van der Waals surface area contributed by atoms with Crippen LogP contribution in [0.15, 0.2) is 24.9 Å². The Morgan fingerprint density at radius 2 is 1.85 bits per heavy atom. The van der Waals surface area contributed by atoms with Crippen LogP contribution in [0.5, 0.6) is 0 Å². The first-order chi connectivity index (χ1) is 9.63. The third-order valence-electron chi connectivity index (χ3n) is 3.96. The minimum atomic E-state index is -0.666. The highest BCUT2D eigenvalue weighted by molar-refractivity contribution is 5.75. The van der Waals surface area contributed by atoms with Crippen molar-refractivity contribution in [3.8, 4) is 0 Å². The monoisotopic (exact) mass is 276 g/mol. The van der Waals surface area contributed by atoms with Crippen molar-refractivity contribution in [3.05, 3.63) is 42.9 Å². The standard InChI is InChI=1S/C14H16N2O4/c17-10-7-9(6-8-4-2-1-3-5-8)11-12(18)15-14(19)16-13(11)20-10/h7-8H,1-6H2,(H2,15,16,18,19). The van der Waals surface area contributed by atoms with Crippen molar-refractivity contribution in [3.63, 3.8) is 0 Å². The van der Waals surface area contributed by atoms with Crippen LogP contribution in [0.4, 0.5) is 0 Å². The van der Waals surface area contributed by atoms with Gasteiger partial charge in [0.2, 0.25) is 5.71 Å². The number of H-pyrrole nitrogens is 2. The molecule has 1 aliphatic carbocycles. The van der Waals surface area contributed by atoms with Gasteiger partial charge in [0.15, 0.2) is 0 Å². The van der Waals surface area contributed by atoms with Gasteiger partial charge in [0.1, 0.15) is 5.39 Å². The molecule has 2 aromatic rings. The smallest absolute Gasteiger partial charge is 0.337 e. The maximum absolute atomic E-state index is 11.9. The largest absolute Gasteiger partial charge is 0.405 e. The summed E-state index contributed by atoms with van der Waals surface area (Å²) < 4.78 is 4.92. The molecule has 106 valence electrons. The lowest BCUT2D eigenvalue weighted by molar-refractivity contribution is 0.356. The van der Waals surface area contributed by atoms with Crippen molar-refractivity contribution in [1.82, 2.24) is 9.97 Å². The summed E-state index contributed by atoms with van der Waals surface area (Å²) >= 11 is 0. The average Bonchev–Trinajstić information content (AvgIpc) is 2.38. The van der Waals surface area contributed by atoms with E-state index in [1.54, 1.807) is 0 Å². The number of rotatable bonds is 2. The van der Waals surface area contributed by atoms with Crippen LogP contribution in [0.2, 0.25) is 0 Å². The molecule has 2 aromatic heterocycles. The van der Waals surface area contributed by atoms with Gasteiger partial charge in [-0.15, -0.1) is 0 Å². The molecule has 0 atom stereocenters. The zero-order valence-electron chi connectivity index (χ0n) is 11.0. The van der Waals surface area contributed by atoms with Crippen LogP contribution in [-0.4, -0.2) is 9.97 Å². The van der Waals surface area contributed by atoms with Gasteiger partial charge in [0.25, 0.3) is 5.56 Å². The van der Waals surface area contributed by atoms with Gasteiger partial charge in [-0.05, 0) is 17.9 Å². The van der Waals surface area contributed by atoms with Crippen molar-refractivity contribution in [2.45, 2.75) is 38.5 Å². The first-order valence-corrected chi connectivity index (χ1v) is 6.93. The number of hydrogen-bond donors (Lipinski definition) is 2. The number of aromatic nitrogens is 2. The number of nitrogens with one attached hydrogen (secondary N) is 2. The first kappa shape index (κ1) is 12.9. The van der Waals surface area contributed by atoms with E-state index in [0.29, 0.717) is 17.9 Å². The molecule has 1 fully saturated rings. The van der Waals surface area contributed by atoms with E-state index in [1.807, 2.05) is 0 Å². The Bertz CT molecular complexity index is 788. The summed E-state index contributed by atoms with van der Waals surface area (Å²) in [6, 6.07) is 1.37. The lowest BCUT2D eigenvalue weighted by Gasteiger charge is -2.21. The van der Waals surface area contributed by atoms with E-state index in [0.717, 1.165) is 12.8 Å². The van der Waals surface area contributed by atoms with E-state index in [1.165, 1.54) is 25.3 Å². The Hall–Kier alpha value is -2.11. The Labute approximate surface area is 113 Å². The molecule has 0 bridgehead atoms. The topological polar surface area (TPSA) is 95.9 Å². The fourth-order valence-electron chi connectivity index (χ4n) is 3.04. The lowest BCUT2D eigenvalue weighted by Crippen LogP contribution is -2.24. The fraction of sp³-hybridized carbons (Fsp3) is 0.500. The molecule has 0 saturated heterocycles. The summed E-state index contributed by atoms with van der Waals surface area (Å²) in [5.41, 5.74) is -1.07. The number of aromatic amines is 2. The van der Waals surface area contributed by atoms with E-state index in [4.69, 9.17) is 4.42 Å². The molecule has 3 rings (SSSR count). The van der Waals surface area contributed by atoms with E-state index in [2.05, 4.69) is 9.97 Å². The predicted molar refractivity (Wildman–Crippen MR) is 74.0 cm³/mol. The van der Waals surface area contributed by atoms with Crippen molar-refractivity contribution >= 4 is 11.1 Å². The van der Waals surface area contributed by atoms with Gasteiger partial charge < -0.3 is 4.42 Å². The van der Waals surface area contributed by atoms with Crippen molar-refractivity contribution in [2.75, 3.05) is 0 Å². The van der Waals surface area contributed by atoms with Crippen LogP contribution >= 0.6 is 0 Å². The lowest BCUT2D eigenvalue weighted by atomic mass is 9.84. The predicted octanol–water partition coefficient (Wildman–Crippen LogP) is 1.29.